The molecule has 0 aliphatic carbocycles. The van der Waals surface area contributed by atoms with Crippen LogP contribution in [0.1, 0.15) is 23.7 Å². The van der Waals surface area contributed by atoms with Gasteiger partial charge in [-0.25, -0.2) is 0 Å². The summed E-state index contributed by atoms with van der Waals surface area (Å²) in [6, 6.07) is 30.4. The second kappa shape index (κ2) is 9.02. The molecule has 4 rings (SSSR count). The Balaban J connectivity index is 1.74. The second-order valence-corrected chi connectivity index (χ2v) is 7.52. The molecule has 150 valence electrons. The van der Waals surface area contributed by atoms with Gasteiger partial charge in [0.2, 0.25) is 0 Å². The van der Waals surface area contributed by atoms with E-state index in [1.165, 1.54) is 0 Å². The quantitative estimate of drug-likeness (QED) is 0.245. The highest BCUT2D eigenvalue weighted by atomic mass is 35.5. The molecule has 3 aromatic carbocycles. The van der Waals surface area contributed by atoms with E-state index in [4.69, 9.17) is 16.4 Å². The number of aromatic nitrogens is 1. The third kappa shape index (κ3) is 4.17. The van der Waals surface area contributed by atoms with Crippen LogP contribution in [0.15, 0.2) is 96.2 Å². The summed E-state index contributed by atoms with van der Waals surface area (Å²) in [5.74, 6) is 0. The van der Waals surface area contributed by atoms with Crippen LogP contribution < -0.4 is 0 Å². The minimum Gasteiger partial charge on any atom is -0.391 e. The van der Waals surface area contributed by atoms with E-state index in [-0.39, 0.29) is 0 Å². The molecule has 0 N–H and O–H groups in total. The summed E-state index contributed by atoms with van der Waals surface area (Å²) >= 11 is 6.55. The maximum Gasteiger partial charge on any atom is 0.142 e. The molecule has 4 heteroatoms. The van der Waals surface area contributed by atoms with Crippen molar-refractivity contribution in [1.29, 1.82) is 0 Å². The fraction of sp³-hybridized carbons (Fsp3) is 0.115. The molecule has 0 fully saturated rings. The van der Waals surface area contributed by atoms with Crippen molar-refractivity contribution < 1.29 is 4.84 Å². The van der Waals surface area contributed by atoms with Crippen LogP contribution in [0, 0.1) is 6.92 Å². The molecule has 4 aromatic rings. The van der Waals surface area contributed by atoms with Gasteiger partial charge >= 0.3 is 0 Å². The Hall–Kier alpha value is -3.30. The van der Waals surface area contributed by atoms with Crippen molar-refractivity contribution >= 4 is 17.3 Å². The van der Waals surface area contributed by atoms with Gasteiger partial charge in [-0.2, -0.15) is 0 Å². The van der Waals surface area contributed by atoms with E-state index >= 15 is 0 Å². The van der Waals surface area contributed by atoms with Crippen LogP contribution in [0.5, 0.6) is 0 Å². The third-order valence-corrected chi connectivity index (χ3v) is 5.39. The number of hydrogen-bond donors (Lipinski definition) is 0. The van der Waals surface area contributed by atoms with Gasteiger partial charge < -0.3 is 9.40 Å². The molecular weight excluding hydrogens is 392 g/mol. The molecule has 1 heterocycles. The van der Waals surface area contributed by atoms with Crippen molar-refractivity contribution in [3.8, 4) is 16.9 Å². The lowest BCUT2D eigenvalue weighted by Crippen LogP contribution is -2.03. The van der Waals surface area contributed by atoms with Crippen LogP contribution in [-0.4, -0.2) is 10.3 Å². The third-order valence-electron chi connectivity index (χ3n) is 5.08. The summed E-state index contributed by atoms with van der Waals surface area (Å²) in [5.41, 5.74) is 7.13. The number of benzene rings is 3. The lowest BCUT2D eigenvalue weighted by Gasteiger charge is -2.14. The first-order valence-electron chi connectivity index (χ1n) is 9.88. The number of para-hydroxylation sites is 1. The molecule has 0 amide bonds. The lowest BCUT2D eigenvalue weighted by molar-refractivity contribution is 0.130. The van der Waals surface area contributed by atoms with Crippen LogP contribution in [0.4, 0.5) is 0 Å². The Labute approximate surface area is 182 Å². The predicted molar refractivity (Wildman–Crippen MR) is 124 cm³/mol. The van der Waals surface area contributed by atoms with Crippen molar-refractivity contribution in [2.75, 3.05) is 0 Å². The maximum absolute atomic E-state index is 6.55. The number of halogens is 1. The molecule has 0 saturated heterocycles. The molecule has 30 heavy (non-hydrogen) atoms. The zero-order valence-electron chi connectivity index (χ0n) is 17.0. The number of oxime groups is 1. The molecule has 0 radical (unpaired) electrons. The average molecular weight is 415 g/mol. The summed E-state index contributed by atoms with van der Waals surface area (Å²) < 4.78 is 2.18. The first-order valence-corrected chi connectivity index (χ1v) is 10.3. The van der Waals surface area contributed by atoms with E-state index in [9.17, 15) is 0 Å². The Bertz CT molecular complexity index is 1160. The summed E-state index contributed by atoms with van der Waals surface area (Å²) in [4.78, 5) is 5.63. The van der Waals surface area contributed by atoms with Gasteiger partial charge in [0.05, 0.1) is 22.1 Å². The zero-order valence-corrected chi connectivity index (χ0v) is 17.8. The van der Waals surface area contributed by atoms with Gasteiger partial charge in [-0.05, 0) is 43.2 Å². The van der Waals surface area contributed by atoms with E-state index in [1.807, 2.05) is 79.7 Å². The monoisotopic (exact) mass is 414 g/mol. The Kier molecular flexibility index (Phi) is 6.01. The second-order valence-electron chi connectivity index (χ2n) is 7.12. The molecule has 0 unspecified atom stereocenters. The topological polar surface area (TPSA) is 26.5 Å². The van der Waals surface area contributed by atoms with Crippen molar-refractivity contribution in [2.45, 2.75) is 20.5 Å². The van der Waals surface area contributed by atoms with Crippen molar-refractivity contribution in [3.63, 3.8) is 0 Å². The smallest absolute Gasteiger partial charge is 0.142 e. The van der Waals surface area contributed by atoms with E-state index in [1.54, 1.807) is 0 Å². The first kappa shape index (κ1) is 20.0. The molecule has 1 aromatic heterocycles. The Morgan fingerprint density at radius 1 is 0.900 bits per heavy atom. The van der Waals surface area contributed by atoms with E-state index in [0.29, 0.717) is 11.6 Å². The zero-order chi connectivity index (χ0) is 20.9. The molecule has 0 aliphatic rings. The minimum atomic E-state index is 0.438. The Morgan fingerprint density at radius 2 is 1.53 bits per heavy atom. The van der Waals surface area contributed by atoms with Crippen molar-refractivity contribution in [2.24, 2.45) is 5.16 Å². The molecule has 0 aliphatic heterocycles. The molecule has 3 nitrogen and oxygen atoms in total. The SMILES string of the molecule is C/C(=N/OCc1ccccc1)c1cc(-c2ccccc2)n(-c2ccccc2Cl)c1C. The van der Waals surface area contributed by atoms with Crippen molar-refractivity contribution in [1.82, 2.24) is 4.57 Å². The van der Waals surface area contributed by atoms with Gasteiger partial charge in [0.15, 0.2) is 0 Å². The standard InChI is InChI=1S/C26H23ClN2O/c1-19(28-30-18-21-11-5-3-6-12-21)23-17-26(22-13-7-4-8-14-22)29(20(23)2)25-16-10-9-15-24(25)27/h3-17H,18H2,1-2H3/b28-19-. The molecule has 0 saturated carbocycles. The summed E-state index contributed by atoms with van der Waals surface area (Å²) in [6.45, 7) is 4.49. The normalized spacial score (nSPS) is 11.5. The highest BCUT2D eigenvalue weighted by molar-refractivity contribution is 6.32. The van der Waals surface area contributed by atoms with Crippen LogP contribution in [0.25, 0.3) is 16.9 Å². The van der Waals surface area contributed by atoms with Crippen LogP contribution >= 0.6 is 11.6 Å². The molecule has 0 spiro atoms. The van der Waals surface area contributed by atoms with Gasteiger partial charge in [0.25, 0.3) is 0 Å². The molecular formula is C26H23ClN2O. The summed E-state index contributed by atoms with van der Waals surface area (Å²) in [6.07, 6.45) is 0. The predicted octanol–water partition coefficient (Wildman–Crippen LogP) is 7.05. The van der Waals surface area contributed by atoms with Gasteiger partial charge in [-0.15, -0.1) is 0 Å². The van der Waals surface area contributed by atoms with Gasteiger partial charge in [0, 0.05) is 11.3 Å². The van der Waals surface area contributed by atoms with Gasteiger partial charge in [0.1, 0.15) is 6.61 Å². The number of hydrogen-bond acceptors (Lipinski definition) is 2. The van der Waals surface area contributed by atoms with Gasteiger partial charge in [-0.3, -0.25) is 0 Å². The minimum absolute atomic E-state index is 0.438. The maximum atomic E-state index is 6.55. The summed E-state index contributed by atoms with van der Waals surface area (Å²) in [5, 5.41) is 5.09. The first-order chi connectivity index (χ1) is 14.6. The fourth-order valence-electron chi connectivity index (χ4n) is 3.56. The molecule has 0 atom stereocenters. The average Bonchev–Trinajstić information content (AvgIpc) is 3.12. The largest absolute Gasteiger partial charge is 0.391 e. The van der Waals surface area contributed by atoms with E-state index in [2.05, 4.69) is 34.8 Å². The van der Waals surface area contributed by atoms with Crippen LogP contribution in [0.2, 0.25) is 5.02 Å². The lowest BCUT2D eigenvalue weighted by atomic mass is 10.1. The Morgan fingerprint density at radius 3 is 2.23 bits per heavy atom. The molecule has 0 bridgehead atoms. The van der Waals surface area contributed by atoms with Crippen LogP contribution in [0.3, 0.4) is 0 Å². The van der Waals surface area contributed by atoms with Crippen LogP contribution in [-0.2, 0) is 11.4 Å². The highest BCUT2D eigenvalue weighted by Gasteiger charge is 2.18. The highest BCUT2D eigenvalue weighted by Crippen LogP contribution is 2.32. The summed E-state index contributed by atoms with van der Waals surface area (Å²) in [7, 11) is 0. The number of nitrogens with zero attached hydrogens (tertiary/aromatic N) is 2. The van der Waals surface area contributed by atoms with Crippen molar-refractivity contribution in [3.05, 3.63) is 113 Å². The number of rotatable bonds is 6. The fourth-order valence-corrected chi connectivity index (χ4v) is 3.79. The van der Waals surface area contributed by atoms with E-state index in [0.717, 1.165) is 39.5 Å². The van der Waals surface area contributed by atoms with Gasteiger partial charge in [-0.1, -0.05) is 89.6 Å². The van der Waals surface area contributed by atoms with E-state index < -0.39 is 0 Å².